The number of nitrogen functional groups attached to an aromatic ring is 1. The molecule has 0 atom stereocenters. The minimum Gasteiger partial charge on any atom is -0.383 e. The Kier molecular flexibility index (Phi) is 2.82. The Balaban J connectivity index is 2.67. The lowest BCUT2D eigenvalue weighted by atomic mass is 10.1. The maximum atomic E-state index is 6.14. The first-order valence-corrected chi connectivity index (χ1v) is 5.51. The fourth-order valence-corrected chi connectivity index (χ4v) is 2.20. The number of nitrogens with two attached hydrogens (primary N) is 1. The van der Waals surface area contributed by atoms with Gasteiger partial charge in [0.1, 0.15) is 5.82 Å². The number of anilines is 1. The van der Waals surface area contributed by atoms with Crippen molar-refractivity contribution in [2.24, 2.45) is 7.05 Å². The predicted octanol–water partition coefficient (Wildman–Crippen LogP) is 3.28. The van der Waals surface area contributed by atoms with Crippen molar-refractivity contribution in [2.45, 2.75) is 6.92 Å². The van der Waals surface area contributed by atoms with Gasteiger partial charge in [0.25, 0.3) is 0 Å². The first kappa shape index (κ1) is 11.3. The summed E-state index contributed by atoms with van der Waals surface area (Å²) in [7, 11) is 1.80. The monoisotopic (exact) mass is 255 g/mol. The minimum absolute atomic E-state index is 0.579. The van der Waals surface area contributed by atoms with E-state index in [9.17, 15) is 0 Å². The van der Waals surface area contributed by atoms with Crippen LogP contribution in [-0.2, 0) is 7.05 Å². The molecule has 0 radical (unpaired) electrons. The topological polar surface area (TPSA) is 43.8 Å². The quantitative estimate of drug-likeness (QED) is 0.850. The van der Waals surface area contributed by atoms with Crippen molar-refractivity contribution in [3.05, 3.63) is 33.9 Å². The molecule has 0 aliphatic heterocycles. The smallest absolute Gasteiger partial charge is 0.129 e. The van der Waals surface area contributed by atoms with Gasteiger partial charge in [-0.05, 0) is 19.1 Å². The molecule has 84 valence electrons. The maximum Gasteiger partial charge on any atom is 0.129 e. The van der Waals surface area contributed by atoms with E-state index < -0.39 is 0 Å². The summed E-state index contributed by atoms with van der Waals surface area (Å²) < 4.78 is 1.63. The number of nitrogens with zero attached hydrogens (tertiary/aromatic N) is 2. The van der Waals surface area contributed by atoms with Crippen molar-refractivity contribution < 1.29 is 0 Å². The summed E-state index contributed by atoms with van der Waals surface area (Å²) in [5, 5.41) is 5.43. The van der Waals surface area contributed by atoms with Gasteiger partial charge >= 0.3 is 0 Å². The average Bonchev–Trinajstić information content (AvgIpc) is 2.43. The Morgan fingerprint density at radius 3 is 2.50 bits per heavy atom. The van der Waals surface area contributed by atoms with Crippen molar-refractivity contribution in [1.82, 2.24) is 9.78 Å². The van der Waals surface area contributed by atoms with Gasteiger partial charge in [0.2, 0.25) is 0 Å². The van der Waals surface area contributed by atoms with E-state index in [1.165, 1.54) is 0 Å². The van der Waals surface area contributed by atoms with Crippen LogP contribution >= 0.6 is 23.2 Å². The van der Waals surface area contributed by atoms with Crippen LogP contribution in [0.5, 0.6) is 0 Å². The van der Waals surface area contributed by atoms with Gasteiger partial charge < -0.3 is 5.73 Å². The molecule has 2 aromatic rings. The van der Waals surface area contributed by atoms with Crippen LogP contribution in [0, 0.1) is 6.92 Å². The third-order valence-electron chi connectivity index (χ3n) is 2.47. The van der Waals surface area contributed by atoms with E-state index in [2.05, 4.69) is 5.10 Å². The predicted molar refractivity (Wildman–Crippen MR) is 67.8 cm³/mol. The van der Waals surface area contributed by atoms with E-state index in [4.69, 9.17) is 28.9 Å². The molecule has 0 aliphatic carbocycles. The zero-order valence-electron chi connectivity index (χ0n) is 8.96. The largest absolute Gasteiger partial charge is 0.383 e. The molecule has 0 aliphatic rings. The first-order valence-electron chi connectivity index (χ1n) is 4.75. The average molecular weight is 256 g/mol. The molecule has 0 fully saturated rings. The Morgan fingerprint density at radius 1 is 1.31 bits per heavy atom. The number of aryl methyl sites for hydroxylation is 2. The molecular weight excluding hydrogens is 245 g/mol. The number of rotatable bonds is 1. The highest BCUT2D eigenvalue weighted by Gasteiger charge is 2.15. The Hall–Kier alpha value is -1.19. The number of hydrogen-bond acceptors (Lipinski definition) is 2. The van der Waals surface area contributed by atoms with E-state index in [1.807, 2.05) is 13.0 Å². The fourth-order valence-electron chi connectivity index (χ4n) is 1.70. The third-order valence-corrected chi connectivity index (χ3v) is 3.01. The molecule has 0 saturated carbocycles. The summed E-state index contributed by atoms with van der Waals surface area (Å²) in [5.41, 5.74) is 8.52. The van der Waals surface area contributed by atoms with Gasteiger partial charge in [-0.1, -0.05) is 29.3 Å². The summed E-state index contributed by atoms with van der Waals surface area (Å²) >= 11 is 12.0. The lowest BCUT2D eigenvalue weighted by Crippen LogP contribution is -1.98. The Morgan fingerprint density at radius 2 is 2.00 bits per heavy atom. The van der Waals surface area contributed by atoms with E-state index >= 15 is 0 Å². The Bertz CT molecular complexity index is 546. The van der Waals surface area contributed by atoms with Crippen LogP contribution in [0.2, 0.25) is 10.0 Å². The molecule has 5 heteroatoms. The molecule has 1 heterocycles. The number of benzene rings is 1. The molecule has 0 spiro atoms. The maximum absolute atomic E-state index is 6.14. The van der Waals surface area contributed by atoms with Gasteiger partial charge in [0.15, 0.2) is 0 Å². The third kappa shape index (κ3) is 1.77. The van der Waals surface area contributed by atoms with Gasteiger partial charge in [-0.2, -0.15) is 5.10 Å². The van der Waals surface area contributed by atoms with Crippen LogP contribution in [-0.4, -0.2) is 9.78 Å². The molecule has 0 bridgehead atoms. The number of hydrogen-bond donors (Lipinski definition) is 1. The van der Waals surface area contributed by atoms with Gasteiger partial charge in [0.05, 0.1) is 10.7 Å². The van der Waals surface area contributed by atoms with Crippen LogP contribution in [0.3, 0.4) is 0 Å². The molecule has 0 unspecified atom stereocenters. The van der Waals surface area contributed by atoms with Crippen molar-refractivity contribution in [3.63, 3.8) is 0 Å². The summed E-state index contributed by atoms with van der Waals surface area (Å²) in [6, 6.07) is 5.34. The lowest BCUT2D eigenvalue weighted by molar-refractivity contribution is 0.767. The second kappa shape index (κ2) is 4.00. The molecule has 2 N–H and O–H groups in total. The van der Waals surface area contributed by atoms with Crippen LogP contribution < -0.4 is 5.73 Å². The summed E-state index contributed by atoms with van der Waals surface area (Å²) in [6.45, 7) is 1.90. The second-order valence-electron chi connectivity index (χ2n) is 3.59. The highest BCUT2D eigenvalue weighted by atomic mass is 35.5. The van der Waals surface area contributed by atoms with Crippen molar-refractivity contribution >= 4 is 29.0 Å². The minimum atomic E-state index is 0.579. The zero-order valence-corrected chi connectivity index (χ0v) is 10.5. The molecule has 16 heavy (non-hydrogen) atoms. The SMILES string of the molecule is Cc1nn(C)c(N)c1-c1ccc(Cl)cc1Cl. The molecule has 3 nitrogen and oxygen atoms in total. The normalized spacial score (nSPS) is 10.8. The second-order valence-corrected chi connectivity index (χ2v) is 4.44. The highest BCUT2D eigenvalue weighted by Crippen LogP contribution is 2.35. The van der Waals surface area contributed by atoms with E-state index in [1.54, 1.807) is 23.9 Å². The van der Waals surface area contributed by atoms with Gasteiger partial charge in [-0.25, -0.2) is 0 Å². The first-order chi connectivity index (χ1) is 7.50. The van der Waals surface area contributed by atoms with E-state index in [0.29, 0.717) is 15.9 Å². The number of aromatic nitrogens is 2. The van der Waals surface area contributed by atoms with E-state index in [-0.39, 0.29) is 0 Å². The summed E-state index contributed by atoms with van der Waals surface area (Å²) in [4.78, 5) is 0. The zero-order chi connectivity index (χ0) is 11.9. The van der Waals surface area contributed by atoms with Gasteiger partial charge in [-0.15, -0.1) is 0 Å². The molecule has 1 aromatic heterocycles. The highest BCUT2D eigenvalue weighted by molar-refractivity contribution is 6.36. The molecule has 0 amide bonds. The summed E-state index contributed by atoms with van der Waals surface area (Å²) in [6.07, 6.45) is 0. The summed E-state index contributed by atoms with van der Waals surface area (Å²) in [5.74, 6) is 0.599. The van der Waals surface area contributed by atoms with Gasteiger partial charge in [0, 0.05) is 23.2 Å². The molecule has 0 saturated heterocycles. The van der Waals surface area contributed by atoms with Crippen LogP contribution in [0.15, 0.2) is 18.2 Å². The van der Waals surface area contributed by atoms with Crippen molar-refractivity contribution in [1.29, 1.82) is 0 Å². The molecular formula is C11H11Cl2N3. The molecule has 2 rings (SSSR count). The lowest BCUT2D eigenvalue weighted by Gasteiger charge is -2.05. The fraction of sp³-hybridized carbons (Fsp3) is 0.182. The molecule has 1 aromatic carbocycles. The van der Waals surface area contributed by atoms with Crippen molar-refractivity contribution in [3.8, 4) is 11.1 Å². The van der Waals surface area contributed by atoms with Crippen LogP contribution in [0.4, 0.5) is 5.82 Å². The Labute approximate surface area is 104 Å². The van der Waals surface area contributed by atoms with Crippen LogP contribution in [0.25, 0.3) is 11.1 Å². The standard InChI is InChI=1S/C11H11Cl2N3/c1-6-10(11(14)16(2)15-6)8-4-3-7(12)5-9(8)13/h3-5H,14H2,1-2H3. The van der Waals surface area contributed by atoms with E-state index in [0.717, 1.165) is 16.8 Å². The van der Waals surface area contributed by atoms with Crippen molar-refractivity contribution in [2.75, 3.05) is 5.73 Å². The van der Waals surface area contributed by atoms with Gasteiger partial charge in [-0.3, -0.25) is 4.68 Å². The number of halogens is 2. The van der Waals surface area contributed by atoms with Crippen LogP contribution in [0.1, 0.15) is 5.69 Å².